The second-order valence-corrected chi connectivity index (χ2v) is 4.16. The van der Waals surface area contributed by atoms with Crippen molar-refractivity contribution in [3.63, 3.8) is 0 Å². The normalized spacial score (nSPS) is 11.1. The van der Waals surface area contributed by atoms with Gasteiger partial charge in [-0.2, -0.15) is 0 Å². The van der Waals surface area contributed by atoms with Crippen LogP contribution in [-0.4, -0.2) is 11.1 Å². The average Bonchev–Trinajstić information content (AvgIpc) is 2.26. The number of fused-ring (bicyclic) bond motifs is 1. The molecule has 0 spiro atoms. The highest BCUT2D eigenvalue weighted by Crippen LogP contribution is 2.22. The maximum absolute atomic E-state index is 13.0. The van der Waals surface area contributed by atoms with E-state index in [1.807, 2.05) is 0 Å². The van der Waals surface area contributed by atoms with Crippen LogP contribution in [0.25, 0.3) is 11.0 Å². The molecular formula is C11H10ClFN2O2. The average molecular weight is 257 g/mol. The van der Waals surface area contributed by atoms with Crippen molar-refractivity contribution < 1.29 is 13.9 Å². The highest BCUT2D eigenvalue weighted by molar-refractivity contribution is 6.29. The van der Waals surface area contributed by atoms with Crippen LogP contribution in [0.1, 0.15) is 13.8 Å². The molecular weight excluding hydrogens is 247 g/mol. The molecule has 0 aliphatic heterocycles. The first-order valence-electron chi connectivity index (χ1n) is 5.04. The number of nitrogens with zero attached hydrogens (tertiary/aromatic N) is 2. The Labute approximate surface area is 102 Å². The number of ether oxygens (including phenoxy) is 1. The van der Waals surface area contributed by atoms with Gasteiger partial charge in [-0.05, 0) is 37.6 Å². The summed E-state index contributed by atoms with van der Waals surface area (Å²) in [5.74, 6) is -0.465. The number of rotatable bonds is 2. The molecule has 0 unspecified atom stereocenters. The summed E-state index contributed by atoms with van der Waals surface area (Å²) in [6, 6.07) is 3.71. The summed E-state index contributed by atoms with van der Waals surface area (Å²) in [5.41, 5.74) is 0.410. The lowest BCUT2D eigenvalue weighted by Gasteiger charge is -2.11. The summed E-state index contributed by atoms with van der Waals surface area (Å²) in [5, 5.41) is 11.6. The number of hydrogen-bond acceptors (Lipinski definition) is 3. The van der Waals surface area contributed by atoms with Gasteiger partial charge in [0.05, 0.1) is 6.10 Å². The Kier molecular flexibility index (Phi) is 3.02. The highest BCUT2D eigenvalue weighted by atomic mass is 35.5. The second-order valence-electron chi connectivity index (χ2n) is 3.80. The largest absolute Gasteiger partial charge is 0.617 e. The summed E-state index contributed by atoms with van der Waals surface area (Å²) < 4.78 is 18.7. The molecule has 0 N–H and O–H groups in total. The first-order chi connectivity index (χ1) is 7.99. The molecule has 90 valence electrons. The van der Waals surface area contributed by atoms with E-state index >= 15 is 0 Å². The third kappa shape index (κ3) is 2.24. The Morgan fingerprint density at radius 1 is 1.47 bits per heavy atom. The monoisotopic (exact) mass is 256 g/mol. The van der Waals surface area contributed by atoms with E-state index in [4.69, 9.17) is 16.3 Å². The first kappa shape index (κ1) is 11.9. The predicted molar refractivity (Wildman–Crippen MR) is 61.4 cm³/mol. The number of hydrogen-bond donors (Lipinski definition) is 0. The molecule has 0 bridgehead atoms. The molecule has 1 aromatic heterocycles. The molecule has 2 rings (SSSR count). The fourth-order valence-corrected chi connectivity index (χ4v) is 1.58. The van der Waals surface area contributed by atoms with E-state index in [1.165, 1.54) is 12.1 Å². The van der Waals surface area contributed by atoms with Crippen LogP contribution >= 0.6 is 11.6 Å². The molecule has 0 saturated heterocycles. The molecule has 6 heteroatoms. The van der Waals surface area contributed by atoms with Gasteiger partial charge in [0.1, 0.15) is 11.3 Å². The predicted octanol–water partition coefficient (Wildman–Crippen LogP) is 2.45. The number of halogens is 2. The van der Waals surface area contributed by atoms with Gasteiger partial charge in [0, 0.05) is 6.07 Å². The van der Waals surface area contributed by atoms with E-state index in [-0.39, 0.29) is 22.7 Å². The summed E-state index contributed by atoms with van der Waals surface area (Å²) >= 11 is 5.81. The SMILES string of the molecule is CC(C)Oc1nc2ccc(F)cc2[n+]([O-])c1Cl. The molecule has 17 heavy (non-hydrogen) atoms. The maximum atomic E-state index is 13.0. The minimum atomic E-state index is -0.516. The zero-order valence-corrected chi connectivity index (χ0v) is 10.0. The van der Waals surface area contributed by atoms with Crippen molar-refractivity contribution in [2.24, 2.45) is 0 Å². The molecule has 0 fully saturated rings. The van der Waals surface area contributed by atoms with Crippen molar-refractivity contribution in [2.75, 3.05) is 0 Å². The first-order valence-corrected chi connectivity index (χ1v) is 5.42. The van der Waals surface area contributed by atoms with Crippen molar-refractivity contribution in [2.45, 2.75) is 20.0 Å². The zero-order chi connectivity index (χ0) is 12.6. The van der Waals surface area contributed by atoms with Crippen LogP contribution in [0.3, 0.4) is 0 Å². The minimum absolute atomic E-state index is 0.0516. The van der Waals surface area contributed by atoms with Crippen LogP contribution in [-0.2, 0) is 0 Å². The van der Waals surface area contributed by atoms with Gasteiger partial charge >= 0.3 is 11.0 Å². The Balaban J connectivity index is 2.66. The standard InChI is InChI=1S/C11H10ClFN2O2/c1-6(2)17-11-10(12)15(16)9-5-7(13)3-4-8(9)14-11/h3-6H,1-2H3. The lowest BCUT2D eigenvalue weighted by Crippen LogP contribution is -2.30. The topological polar surface area (TPSA) is 49.1 Å². The third-order valence-electron chi connectivity index (χ3n) is 2.08. The van der Waals surface area contributed by atoms with Gasteiger partial charge in [0.2, 0.25) is 5.52 Å². The summed E-state index contributed by atoms with van der Waals surface area (Å²) in [7, 11) is 0. The molecule has 4 nitrogen and oxygen atoms in total. The fourth-order valence-electron chi connectivity index (χ4n) is 1.40. The van der Waals surface area contributed by atoms with Crippen LogP contribution in [0.2, 0.25) is 5.15 Å². The molecule has 0 atom stereocenters. The summed E-state index contributed by atoms with van der Waals surface area (Å²) in [6.07, 6.45) is -0.155. The lowest BCUT2D eigenvalue weighted by atomic mass is 10.3. The van der Waals surface area contributed by atoms with Gasteiger partial charge in [0.15, 0.2) is 0 Å². The van der Waals surface area contributed by atoms with Crippen molar-refractivity contribution in [3.8, 4) is 5.88 Å². The van der Waals surface area contributed by atoms with E-state index in [1.54, 1.807) is 13.8 Å². The van der Waals surface area contributed by atoms with Gasteiger partial charge in [-0.3, -0.25) is 0 Å². The maximum Gasteiger partial charge on any atom is 0.350 e. The molecule has 1 aromatic carbocycles. The van der Waals surface area contributed by atoms with Gasteiger partial charge in [-0.15, -0.1) is 4.73 Å². The van der Waals surface area contributed by atoms with Gasteiger partial charge in [0.25, 0.3) is 0 Å². The molecule has 0 aliphatic rings. The van der Waals surface area contributed by atoms with E-state index in [9.17, 15) is 9.60 Å². The fraction of sp³-hybridized carbons (Fsp3) is 0.273. The van der Waals surface area contributed by atoms with E-state index < -0.39 is 5.82 Å². The van der Waals surface area contributed by atoms with Gasteiger partial charge in [-0.25, -0.2) is 9.37 Å². The Morgan fingerprint density at radius 2 is 2.18 bits per heavy atom. The van der Waals surface area contributed by atoms with Crippen LogP contribution in [0.5, 0.6) is 5.88 Å². The van der Waals surface area contributed by atoms with E-state index in [0.29, 0.717) is 10.2 Å². The quantitative estimate of drug-likeness (QED) is 0.613. The highest BCUT2D eigenvalue weighted by Gasteiger charge is 2.19. The minimum Gasteiger partial charge on any atom is -0.617 e. The Morgan fingerprint density at radius 3 is 2.82 bits per heavy atom. The van der Waals surface area contributed by atoms with Crippen molar-refractivity contribution in [3.05, 3.63) is 34.4 Å². The van der Waals surface area contributed by atoms with E-state index in [2.05, 4.69) is 4.98 Å². The van der Waals surface area contributed by atoms with Crippen molar-refractivity contribution in [1.82, 2.24) is 4.98 Å². The zero-order valence-electron chi connectivity index (χ0n) is 9.28. The number of benzene rings is 1. The second kappa shape index (κ2) is 4.33. The van der Waals surface area contributed by atoms with Crippen molar-refractivity contribution in [1.29, 1.82) is 0 Å². The van der Waals surface area contributed by atoms with E-state index in [0.717, 1.165) is 6.07 Å². The molecule has 0 aliphatic carbocycles. The van der Waals surface area contributed by atoms with Gasteiger partial charge < -0.3 is 9.94 Å². The Hall–Kier alpha value is -1.62. The van der Waals surface area contributed by atoms with Gasteiger partial charge in [-0.1, -0.05) is 0 Å². The van der Waals surface area contributed by atoms with Crippen molar-refractivity contribution >= 4 is 22.6 Å². The van der Waals surface area contributed by atoms with Crippen LogP contribution in [0, 0.1) is 11.0 Å². The Bertz CT molecular complexity index is 575. The van der Waals surface area contributed by atoms with Crippen LogP contribution in [0.4, 0.5) is 4.39 Å². The summed E-state index contributed by atoms with van der Waals surface area (Å²) in [4.78, 5) is 4.08. The summed E-state index contributed by atoms with van der Waals surface area (Å²) in [6.45, 7) is 3.59. The van der Waals surface area contributed by atoms with Crippen LogP contribution in [0.15, 0.2) is 18.2 Å². The van der Waals surface area contributed by atoms with Crippen LogP contribution < -0.4 is 9.47 Å². The molecule has 2 aromatic rings. The third-order valence-corrected chi connectivity index (χ3v) is 2.40. The lowest BCUT2D eigenvalue weighted by molar-refractivity contribution is -0.575. The molecule has 0 saturated carbocycles. The smallest absolute Gasteiger partial charge is 0.350 e. The molecule has 1 heterocycles. The molecule has 0 radical (unpaired) electrons. The molecule has 0 amide bonds. The number of aromatic nitrogens is 2.